The fourth-order valence-electron chi connectivity index (χ4n) is 2.11. The van der Waals surface area contributed by atoms with Gasteiger partial charge in [0.1, 0.15) is 11.4 Å². The van der Waals surface area contributed by atoms with E-state index in [1.165, 1.54) is 18.2 Å². The molecule has 1 aromatic carbocycles. The van der Waals surface area contributed by atoms with Crippen molar-refractivity contribution in [3.63, 3.8) is 0 Å². The summed E-state index contributed by atoms with van der Waals surface area (Å²) in [5, 5.41) is 12.7. The molecule has 0 fully saturated rings. The highest BCUT2D eigenvalue weighted by Crippen LogP contribution is 2.36. The van der Waals surface area contributed by atoms with Gasteiger partial charge in [0.15, 0.2) is 0 Å². The highest BCUT2D eigenvalue weighted by Gasteiger charge is 2.36. The Morgan fingerprint density at radius 1 is 1.32 bits per heavy atom. The smallest absolute Gasteiger partial charge is 0.431 e. The number of hydrogen-bond donors (Lipinski definition) is 3. The van der Waals surface area contributed by atoms with Crippen LogP contribution in [-0.2, 0) is 12.6 Å². The summed E-state index contributed by atoms with van der Waals surface area (Å²) in [4.78, 5) is 2.37. The van der Waals surface area contributed by atoms with Crippen LogP contribution in [0.1, 0.15) is 25.1 Å². The number of aromatic hydroxyl groups is 1. The number of terminal acetylenes is 1. The second-order valence-corrected chi connectivity index (χ2v) is 4.34. The Bertz CT molecular complexity index is 654. The number of rotatable bonds is 4. The third kappa shape index (κ3) is 4.18. The Labute approximate surface area is 127 Å². The summed E-state index contributed by atoms with van der Waals surface area (Å²) in [6.45, 7) is 4.63. The average Bonchev–Trinajstić information content (AvgIpc) is 2.84. The van der Waals surface area contributed by atoms with E-state index in [-0.39, 0.29) is 17.7 Å². The first-order valence-electron chi connectivity index (χ1n) is 6.98. The largest absolute Gasteiger partial charge is 0.508 e. The Balaban J connectivity index is 0.00000116. The Morgan fingerprint density at radius 3 is 2.59 bits per heavy atom. The normalized spacial score (nSPS) is 10.9. The minimum absolute atomic E-state index is 0.0666. The van der Waals surface area contributed by atoms with Crippen LogP contribution >= 0.6 is 0 Å². The number of phenols is 1. The summed E-state index contributed by atoms with van der Waals surface area (Å²) in [6.07, 6.45) is 0.770. The van der Waals surface area contributed by atoms with E-state index >= 15 is 0 Å². The van der Waals surface area contributed by atoms with Gasteiger partial charge in [0.25, 0.3) is 0 Å². The van der Waals surface area contributed by atoms with Crippen molar-refractivity contribution in [1.29, 1.82) is 0 Å². The van der Waals surface area contributed by atoms with Gasteiger partial charge in [0.2, 0.25) is 0 Å². The third-order valence-corrected chi connectivity index (χ3v) is 2.95. The maximum Gasteiger partial charge on any atom is 0.431 e. The lowest BCUT2D eigenvalue weighted by molar-refractivity contribution is -0.141. The van der Waals surface area contributed by atoms with Crippen LogP contribution in [0, 0.1) is 12.3 Å². The molecule has 0 saturated carbocycles. The Kier molecular flexibility index (Phi) is 6.32. The number of aromatic amines is 1. The maximum absolute atomic E-state index is 13.0. The topological polar surface area (TPSA) is 48.0 Å². The van der Waals surface area contributed by atoms with Gasteiger partial charge < -0.3 is 15.4 Å². The summed E-state index contributed by atoms with van der Waals surface area (Å²) in [5.41, 5.74) is -0.296. The SMILES string of the molecule is C#CCNCCc1c(C(F)(F)F)[nH]c2ccc(O)cc12.CC. The summed E-state index contributed by atoms with van der Waals surface area (Å²) in [7, 11) is 0. The summed E-state index contributed by atoms with van der Waals surface area (Å²) >= 11 is 0. The van der Waals surface area contributed by atoms with E-state index in [0.29, 0.717) is 24.0 Å². The van der Waals surface area contributed by atoms with Crippen molar-refractivity contribution in [2.24, 2.45) is 0 Å². The second kappa shape index (κ2) is 7.76. The monoisotopic (exact) mass is 312 g/mol. The molecule has 2 aromatic rings. The van der Waals surface area contributed by atoms with Gasteiger partial charge in [-0.15, -0.1) is 6.42 Å². The van der Waals surface area contributed by atoms with Gasteiger partial charge in [0, 0.05) is 17.4 Å². The van der Waals surface area contributed by atoms with E-state index in [1.807, 2.05) is 13.8 Å². The summed E-state index contributed by atoms with van der Waals surface area (Å²) in [5.74, 6) is 2.29. The molecule has 0 aliphatic carbocycles. The van der Waals surface area contributed by atoms with Crippen molar-refractivity contribution < 1.29 is 18.3 Å². The van der Waals surface area contributed by atoms with Gasteiger partial charge in [-0.2, -0.15) is 13.2 Å². The molecule has 0 spiro atoms. The van der Waals surface area contributed by atoms with Gasteiger partial charge in [-0.05, 0) is 30.2 Å². The first-order valence-corrected chi connectivity index (χ1v) is 6.98. The molecule has 6 heteroatoms. The van der Waals surface area contributed by atoms with Gasteiger partial charge in [0.05, 0.1) is 6.54 Å². The quantitative estimate of drug-likeness (QED) is 0.596. The number of aromatic nitrogens is 1. The Morgan fingerprint density at radius 2 is 2.00 bits per heavy atom. The molecule has 0 aliphatic rings. The van der Waals surface area contributed by atoms with E-state index < -0.39 is 11.9 Å². The fourth-order valence-corrected chi connectivity index (χ4v) is 2.11. The lowest BCUT2D eigenvalue weighted by atomic mass is 10.1. The molecule has 3 N–H and O–H groups in total. The highest BCUT2D eigenvalue weighted by molar-refractivity contribution is 5.86. The lowest BCUT2D eigenvalue weighted by Gasteiger charge is -2.08. The molecular formula is C16H19F3N2O. The fraction of sp³-hybridized carbons (Fsp3) is 0.375. The van der Waals surface area contributed by atoms with Gasteiger partial charge in [-0.25, -0.2) is 0 Å². The minimum atomic E-state index is -4.46. The molecule has 1 aromatic heterocycles. The van der Waals surface area contributed by atoms with Crippen LogP contribution in [0.5, 0.6) is 5.75 Å². The summed E-state index contributed by atoms with van der Waals surface area (Å²) in [6, 6.07) is 4.11. The predicted molar refractivity (Wildman–Crippen MR) is 81.7 cm³/mol. The maximum atomic E-state index is 13.0. The van der Waals surface area contributed by atoms with Crippen LogP contribution in [0.2, 0.25) is 0 Å². The molecule has 0 radical (unpaired) electrons. The Hall–Kier alpha value is -2.13. The highest BCUT2D eigenvalue weighted by atomic mass is 19.4. The average molecular weight is 312 g/mol. The van der Waals surface area contributed by atoms with Crippen LogP contribution in [0.15, 0.2) is 18.2 Å². The van der Waals surface area contributed by atoms with Crippen LogP contribution in [-0.4, -0.2) is 23.2 Å². The molecule has 120 valence electrons. The van der Waals surface area contributed by atoms with Crippen LogP contribution in [0.3, 0.4) is 0 Å². The van der Waals surface area contributed by atoms with E-state index in [2.05, 4.69) is 16.2 Å². The lowest BCUT2D eigenvalue weighted by Crippen LogP contribution is -2.19. The van der Waals surface area contributed by atoms with Gasteiger partial charge >= 0.3 is 6.18 Å². The van der Waals surface area contributed by atoms with Crippen LogP contribution in [0.4, 0.5) is 13.2 Å². The van der Waals surface area contributed by atoms with Crippen molar-refractivity contribution in [3.05, 3.63) is 29.5 Å². The van der Waals surface area contributed by atoms with Gasteiger partial charge in [-0.1, -0.05) is 19.8 Å². The first-order chi connectivity index (χ1) is 10.4. The molecule has 22 heavy (non-hydrogen) atoms. The molecule has 0 unspecified atom stereocenters. The van der Waals surface area contributed by atoms with Gasteiger partial charge in [-0.3, -0.25) is 0 Å². The van der Waals surface area contributed by atoms with Crippen LogP contribution in [0.25, 0.3) is 10.9 Å². The number of benzene rings is 1. The second-order valence-electron chi connectivity index (χ2n) is 4.34. The number of halogens is 3. The first kappa shape index (κ1) is 17.9. The number of fused-ring (bicyclic) bond motifs is 1. The van der Waals surface area contributed by atoms with E-state index in [0.717, 1.165) is 0 Å². The zero-order valence-corrected chi connectivity index (χ0v) is 12.5. The molecule has 2 rings (SSSR count). The van der Waals surface area contributed by atoms with E-state index in [4.69, 9.17) is 6.42 Å². The molecule has 3 nitrogen and oxygen atoms in total. The molecular weight excluding hydrogens is 293 g/mol. The number of H-pyrrole nitrogens is 1. The van der Waals surface area contributed by atoms with Crippen molar-refractivity contribution in [1.82, 2.24) is 10.3 Å². The molecule has 0 amide bonds. The number of hydrogen-bond acceptors (Lipinski definition) is 2. The van der Waals surface area contributed by atoms with Crippen molar-refractivity contribution in [2.75, 3.05) is 13.1 Å². The third-order valence-electron chi connectivity index (χ3n) is 2.95. The number of nitrogens with one attached hydrogen (secondary N) is 2. The van der Waals surface area contributed by atoms with Crippen molar-refractivity contribution in [3.8, 4) is 18.1 Å². The molecule has 0 atom stereocenters. The standard InChI is InChI=1S/C14H13F3N2O.C2H6/c1-2-6-18-7-5-10-11-8-9(20)3-4-12(11)19-13(10)14(15,16)17;1-2/h1,3-4,8,18-20H,5-7H2;1-2H3. The molecule has 0 aliphatic heterocycles. The minimum Gasteiger partial charge on any atom is -0.508 e. The number of alkyl halides is 3. The zero-order chi connectivity index (χ0) is 16.8. The summed E-state index contributed by atoms with van der Waals surface area (Å²) < 4.78 is 39.0. The molecule has 0 bridgehead atoms. The van der Waals surface area contributed by atoms with E-state index in [1.54, 1.807) is 0 Å². The van der Waals surface area contributed by atoms with Crippen molar-refractivity contribution >= 4 is 10.9 Å². The van der Waals surface area contributed by atoms with Crippen molar-refractivity contribution in [2.45, 2.75) is 26.4 Å². The number of phenolic OH excluding ortho intramolecular Hbond substituents is 1. The molecule has 1 heterocycles. The van der Waals surface area contributed by atoms with Crippen LogP contribution < -0.4 is 5.32 Å². The molecule has 0 saturated heterocycles. The predicted octanol–water partition coefficient (Wildman–Crippen LogP) is 3.68. The van der Waals surface area contributed by atoms with E-state index in [9.17, 15) is 18.3 Å². The zero-order valence-electron chi connectivity index (χ0n) is 12.5.